The number of carbonyl (C=O) groups excluding carboxylic acids is 2. The Morgan fingerprint density at radius 1 is 1.32 bits per heavy atom. The van der Waals surface area contributed by atoms with E-state index in [0.717, 1.165) is 11.4 Å². The number of anilines is 2. The average molecular weight is 304 g/mol. The minimum absolute atomic E-state index is 0.148. The number of carbonyl (C=O) groups is 2. The largest absolute Gasteiger partial charge is 0.378 e. The van der Waals surface area contributed by atoms with Gasteiger partial charge in [-0.3, -0.25) is 9.59 Å². The molecule has 6 heteroatoms. The molecule has 2 rings (SSSR count). The van der Waals surface area contributed by atoms with Crippen LogP contribution < -0.4 is 21.3 Å². The van der Waals surface area contributed by atoms with Gasteiger partial charge in [-0.05, 0) is 25.0 Å². The maximum atomic E-state index is 12.8. The zero-order valence-corrected chi connectivity index (χ0v) is 13.5. The Labute approximate surface area is 131 Å². The second-order valence-electron chi connectivity index (χ2n) is 6.10. The minimum atomic E-state index is -0.657. The number of hydrogen-bond donors (Lipinski definition) is 3. The highest BCUT2D eigenvalue weighted by Crippen LogP contribution is 2.31. The van der Waals surface area contributed by atoms with E-state index in [-0.39, 0.29) is 23.8 Å². The summed E-state index contributed by atoms with van der Waals surface area (Å²) in [6.45, 7) is 5.64. The van der Waals surface area contributed by atoms with Gasteiger partial charge in [0.25, 0.3) is 5.91 Å². The Hall–Kier alpha value is -2.08. The van der Waals surface area contributed by atoms with Crippen LogP contribution in [0.5, 0.6) is 0 Å². The summed E-state index contributed by atoms with van der Waals surface area (Å²) in [5.41, 5.74) is 7.31. The fraction of sp³-hybridized carbons (Fsp3) is 0.500. The van der Waals surface area contributed by atoms with Gasteiger partial charge in [0.05, 0.1) is 23.5 Å². The van der Waals surface area contributed by atoms with Crippen LogP contribution in [0.1, 0.15) is 20.8 Å². The van der Waals surface area contributed by atoms with E-state index in [2.05, 4.69) is 10.6 Å². The Balaban J connectivity index is 2.40. The van der Waals surface area contributed by atoms with Crippen LogP contribution in [-0.4, -0.2) is 37.0 Å². The highest BCUT2D eigenvalue weighted by Gasteiger charge is 2.38. The van der Waals surface area contributed by atoms with Gasteiger partial charge in [-0.25, -0.2) is 0 Å². The minimum Gasteiger partial charge on any atom is -0.378 e. The standard InChI is InChI=1S/C16H24N4O2/c1-9(2)13-14(19-15(21)10(3)17)16(22)20(4)12-8-6-5-7-11(12)18-13/h5-10,13-14,18H,17H2,1-4H3,(H,19,21)/t10-,13?,14?/m0/s1. The monoisotopic (exact) mass is 304 g/mol. The van der Waals surface area contributed by atoms with E-state index in [4.69, 9.17) is 5.73 Å². The van der Waals surface area contributed by atoms with Gasteiger partial charge in [-0.1, -0.05) is 26.0 Å². The van der Waals surface area contributed by atoms with Crippen molar-refractivity contribution in [3.63, 3.8) is 0 Å². The molecule has 0 aromatic heterocycles. The summed E-state index contributed by atoms with van der Waals surface area (Å²) in [7, 11) is 1.72. The summed E-state index contributed by atoms with van der Waals surface area (Å²) in [6.07, 6.45) is 0. The van der Waals surface area contributed by atoms with Gasteiger partial charge in [0.2, 0.25) is 5.91 Å². The molecule has 2 unspecified atom stereocenters. The summed E-state index contributed by atoms with van der Waals surface area (Å²) in [4.78, 5) is 26.4. The first-order chi connectivity index (χ1) is 10.3. The van der Waals surface area contributed by atoms with Crippen molar-refractivity contribution in [1.29, 1.82) is 0 Å². The van der Waals surface area contributed by atoms with Gasteiger partial charge in [0.1, 0.15) is 6.04 Å². The van der Waals surface area contributed by atoms with Gasteiger partial charge in [-0.2, -0.15) is 0 Å². The SMILES string of the molecule is CC(C)C1Nc2ccccc2N(C)C(=O)C1NC(=O)[C@H](C)N. The predicted molar refractivity (Wildman–Crippen MR) is 87.7 cm³/mol. The first-order valence-corrected chi connectivity index (χ1v) is 7.52. The molecule has 1 aromatic rings. The van der Waals surface area contributed by atoms with E-state index in [1.807, 2.05) is 38.1 Å². The zero-order valence-electron chi connectivity index (χ0n) is 13.5. The Kier molecular flexibility index (Phi) is 4.71. The van der Waals surface area contributed by atoms with Crippen LogP contribution in [0.25, 0.3) is 0 Å². The van der Waals surface area contributed by atoms with Crippen molar-refractivity contribution in [3.05, 3.63) is 24.3 Å². The summed E-state index contributed by atoms with van der Waals surface area (Å²) in [5.74, 6) is -0.322. The van der Waals surface area contributed by atoms with E-state index in [0.29, 0.717) is 0 Å². The summed E-state index contributed by atoms with van der Waals surface area (Å²) >= 11 is 0. The van der Waals surface area contributed by atoms with Crippen LogP contribution >= 0.6 is 0 Å². The van der Waals surface area contributed by atoms with Gasteiger partial charge in [0, 0.05) is 7.05 Å². The maximum Gasteiger partial charge on any atom is 0.251 e. The molecule has 1 aliphatic heterocycles. The van der Waals surface area contributed by atoms with Crippen LogP contribution in [0.3, 0.4) is 0 Å². The lowest BCUT2D eigenvalue weighted by Crippen LogP contribution is -2.58. The number of nitrogens with zero attached hydrogens (tertiary/aromatic N) is 1. The van der Waals surface area contributed by atoms with Crippen LogP contribution in [0.2, 0.25) is 0 Å². The molecule has 0 aliphatic carbocycles. The van der Waals surface area contributed by atoms with Crippen LogP contribution in [0.15, 0.2) is 24.3 Å². The Morgan fingerprint density at radius 2 is 1.95 bits per heavy atom. The average Bonchev–Trinajstić information content (AvgIpc) is 2.58. The third-order valence-electron chi connectivity index (χ3n) is 3.97. The van der Waals surface area contributed by atoms with Crippen molar-refractivity contribution in [3.8, 4) is 0 Å². The second-order valence-corrected chi connectivity index (χ2v) is 6.10. The molecule has 0 spiro atoms. The fourth-order valence-electron chi connectivity index (χ4n) is 2.62. The summed E-state index contributed by atoms with van der Waals surface area (Å²) in [5, 5.41) is 6.18. The van der Waals surface area contributed by atoms with Crippen LogP contribution in [0.4, 0.5) is 11.4 Å². The van der Waals surface area contributed by atoms with E-state index in [9.17, 15) is 9.59 Å². The highest BCUT2D eigenvalue weighted by atomic mass is 16.2. The van der Waals surface area contributed by atoms with Gasteiger partial charge < -0.3 is 21.3 Å². The molecule has 2 amide bonds. The molecule has 120 valence electrons. The third kappa shape index (κ3) is 3.06. The predicted octanol–water partition coefficient (Wildman–Crippen LogP) is 0.932. The number of rotatable bonds is 3. The second kappa shape index (κ2) is 6.36. The Morgan fingerprint density at radius 3 is 2.55 bits per heavy atom. The molecule has 0 saturated heterocycles. The number of hydrogen-bond acceptors (Lipinski definition) is 4. The quantitative estimate of drug-likeness (QED) is 0.775. The Bertz CT molecular complexity index is 571. The molecule has 4 N–H and O–H groups in total. The number of amides is 2. The van der Waals surface area contributed by atoms with E-state index < -0.39 is 12.1 Å². The summed E-state index contributed by atoms with van der Waals surface area (Å²) < 4.78 is 0. The lowest BCUT2D eigenvalue weighted by Gasteiger charge is -2.30. The highest BCUT2D eigenvalue weighted by molar-refractivity contribution is 6.03. The van der Waals surface area contributed by atoms with Gasteiger partial charge in [-0.15, -0.1) is 0 Å². The molecule has 6 nitrogen and oxygen atoms in total. The number of fused-ring (bicyclic) bond motifs is 1. The molecule has 1 heterocycles. The number of benzene rings is 1. The molecule has 1 aromatic carbocycles. The topological polar surface area (TPSA) is 87.5 Å². The van der Waals surface area contributed by atoms with Crippen LogP contribution in [0, 0.1) is 5.92 Å². The van der Waals surface area contributed by atoms with Crippen LogP contribution in [-0.2, 0) is 9.59 Å². The van der Waals surface area contributed by atoms with Crippen molar-refractivity contribution in [2.75, 3.05) is 17.3 Å². The fourth-order valence-corrected chi connectivity index (χ4v) is 2.62. The molecule has 0 fully saturated rings. The normalized spacial score (nSPS) is 22.6. The number of nitrogens with two attached hydrogens (primary N) is 1. The molecular formula is C16H24N4O2. The van der Waals surface area contributed by atoms with Crippen molar-refractivity contribution < 1.29 is 9.59 Å². The van der Waals surface area contributed by atoms with Crippen molar-refractivity contribution >= 4 is 23.2 Å². The van der Waals surface area contributed by atoms with Crippen molar-refractivity contribution in [2.45, 2.75) is 38.9 Å². The first-order valence-electron chi connectivity index (χ1n) is 7.52. The lowest BCUT2D eigenvalue weighted by atomic mass is 9.95. The van der Waals surface area contributed by atoms with Crippen molar-refractivity contribution in [2.24, 2.45) is 11.7 Å². The smallest absolute Gasteiger partial charge is 0.251 e. The molecule has 0 bridgehead atoms. The molecule has 0 saturated carbocycles. The maximum absolute atomic E-state index is 12.8. The number of nitrogens with one attached hydrogen (secondary N) is 2. The van der Waals surface area contributed by atoms with E-state index >= 15 is 0 Å². The van der Waals surface area contributed by atoms with E-state index in [1.165, 1.54) is 0 Å². The molecule has 0 radical (unpaired) electrons. The number of para-hydroxylation sites is 2. The van der Waals surface area contributed by atoms with Crippen molar-refractivity contribution in [1.82, 2.24) is 5.32 Å². The van der Waals surface area contributed by atoms with E-state index in [1.54, 1.807) is 18.9 Å². The molecule has 3 atom stereocenters. The molecule has 22 heavy (non-hydrogen) atoms. The third-order valence-corrected chi connectivity index (χ3v) is 3.97. The zero-order chi connectivity index (χ0) is 16.4. The number of likely N-dealkylation sites (N-methyl/N-ethyl adjacent to an activating group) is 1. The molecular weight excluding hydrogens is 280 g/mol. The summed E-state index contributed by atoms with van der Waals surface area (Å²) in [6, 6.07) is 6.10. The molecule has 1 aliphatic rings. The first kappa shape index (κ1) is 16.3. The van der Waals surface area contributed by atoms with Gasteiger partial charge >= 0.3 is 0 Å². The lowest BCUT2D eigenvalue weighted by molar-refractivity contribution is -0.128. The van der Waals surface area contributed by atoms with Gasteiger partial charge in [0.15, 0.2) is 0 Å².